The number of methoxy groups -OCH3 is 1. The second-order valence-electron chi connectivity index (χ2n) is 9.73. The van der Waals surface area contributed by atoms with Crippen LogP contribution in [-0.4, -0.2) is 64.4 Å². The lowest BCUT2D eigenvalue weighted by Gasteiger charge is -2.15. The van der Waals surface area contributed by atoms with Gasteiger partial charge < -0.3 is 20.3 Å². The summed E-state index contributed by atoms with van der Waals surface area (Å²) in [4.78, 5) is 30.5. The minimum absolute atomic E-state index is 0.0779. The number of hydrogen-bond acceptors (Lipinski definition) is 7. The van der Waals surface area contributed by atoms with Crippen LogP contribution in [0.3, 0.4) is 0 Å². The highest BCUT2D eigenvalue weighted by Crippen LogP contribution is 2.31. The zero-order valence-corrected chi connectivity index (χ0v) is 24.7. The van der Waals surface area contributed by atoms with Crippen molar-refractivity contribution in [2.24, 2.45) is 0 Å². The number of amides is 2. The summed E-state index contributed by atoms with van der Waals surface area (Å²) in [5.74, 6) is -0.196. The van der Waals surface area contributed by atoms with Crippen molar-refractivity contribution < 1.29 is 22.7 Å². The van der Waals surface area contributed by atoms with Gasteiger partial charge in [-0.1, -0.05) is 23.8 Å². The number of pyridine rings is 1. The van der Waals surface area contributed by atoms with Gasteiger partial charge in [0.25, 0.3) is 21.8 Å². The van der Waals surface area contributed by atoms with Gasteiger partial charge in [0.2, 0.25) is 0 Å². The SMILES string of the molecule is COc1ccc(-c2cc(C(=O)N(C)C)ccn2)cc1S(=O)(=O)Nc1cccc(NCCNC(=O)c2cccc(C)c2)c1. The van der Waals surface area contributed by atoms with Gasteiger partial charge in [0.15, 0.2) is 0 Å². The average molecular weight is 588 g/mol. The first-order valence-electron chi connectivity index (χ1n) is 13.1. The van der Waals surface area contributed by atoms with Crippen molar-refractivity contribution in [2.75, 3.05) is 44.3 Å². The third-order valence-electron chi connectivity index (χ3n) is 6.30. The molecule has 0 saturated heterocycles. The predicted octanol–water partition coefficient (Wildman–Crippen LogP) is 4.41. The first kappa shape index (κ1) is 30.1. The zero-order valence-electron chi connectivity index (χ0n) is 23.8. The summed E-state index contributed by atoms with van der Waals surface area (Å²) in [6.45, 7) is 2.74. The molecule has 2 amide bonds. The van der Waals surface area contributed by atoms with E-state index in [1.165, 1.54) is 24.3 Å². The fourth-order valence-electron chi connectivity index (χ4n) is 4.20. The molecule has 0 atom stereocenters. The topological polar surface area (TPSA) is 130 Å². The van der Waals surface area contributed by atoms with Gasteiger partial charge in [-0.05, 0) is 67.6 Å². The number of nitrogens with one attached hydrogen (secondary N) is 3. The molecule has 0 spiro atoms. The van der Waals surface area contributed by atoms with Crippen LogP contribution in [0.1, 0.15) is 26.3 Å². The molecule has 4 rings (SSSR count). The lowest BCUT2D eigenvalue weighted by Crippen LogP contribution is -2.28. The monoisotopic (exact) mass is 587 g/mol. The maximum atomic E-state index is 13.5. The molecule has 0 aliphatic carbocycles. The van der Waals surface area contributed by atoms with E-state index in [1.54, 1.807) is 68.7 Å². The van der Waals surface area contributed by atoms with Gasteiger partial charge >= 0.3 is 0 Å². The molecule has 4 aromatic rings. The number of sulfonamides is 1. The number of nitrogens with zero attached hydrogens (tertiary/aromatic N) is 2. The van der Waals surface area contributed by atoms with Crippen molar-refractivity contribution in [3.63, 3.8) is 0 Å². The van der Waals surface area contributed by atoms with E-state index in [9.17, 15) is 18.0 Å². The third-order valence-corrected chi connectivity index (χ3v) is 7.70. The van der Waals surface area contributed by atoms with Gasteiger partial charge in [0.05, 0.1) is 18.5 Å². The molecule has 0 radical (unpaired) electrons. The van der Waals surface area contributed by atoms with Crippen LogP contribution in [0.15, 0.2) is 90.0 Å². The number of aryl methyl sites for hydroxylation is 1. The molecular weight excluding hydrogens is 554 g/mol. The van der Waals surface area contributed by atoms with Gasteiger partial charge in [-0.15, -0.1) is 0 Å². The lowest BCUT2D eigenvalue weighted by atomic mass is 10.1. The Bertz CT molecular complexity index is 1710. The number of aromatic nitrogens is 1. The van der Waals surface area contributed by atoms with Crippen LogP contribution in [0.2, 0.25) is 0 Å². The first-order chi connectivity index (χ1) is 20.1. The van der Waals surface area contributed by atoms with Crippen LogP contribution in [0.5, 0.6) is 5.75 Å². The number of carbonyl (C=O) groups excluding carboxylic acids is 2. The molecule has 0 aliphatic rings. The number of carbonyl (C=O) groups is 2. The van der Waals surface area contributed by atoms with Crippen molar-refractivity contribution in [1.29, 1.82) is 0 Å². The quantitative estimate of drug-likeness (QED) is 0.222. The Hall–Kier alpha value is -4.90. The minimum Gasteiger partial charge on any atom is -0.495 e. The molecule has 10 nitrogen and oxygen atoms in total. The van der Waals surface area contributed by atoms with Crippen LogP contribution in [0.25, 0.3) is 11.3 Å². The Morgan fingerprint density at radius 3 is 2.38 bits per heavy atom. The molecule has 0 saturated carbocycles. The van der Waals surface area contributed by atoms with E-state index in [-0.39, 0.29) is 22.5 Å². The minimum atomic E-state index is -4.08. The Labute approximate surface area is 245 Å². The summed E-state index contributed by atoms with van der Waals surface area (Å²) >= 11 is 0. The second kappa shape index (κ2) is 13.2. The average Bonchev–Trinajstić information content (AvgIpc) is 2.98. The van der Waals surface area contributed by atoms with Crippen molar-refractivity contribution >= 4 is 33.2 Å². The van der Waals surface area contributed by atoms with E-state index < -0.39 is 10.0 Å². The Kier molecular flexibility index (Phi) is 9.43. The summed E-state index contributed by atoms with van der Waals surface area (Å²) in [6, 6.07) is 22.1. The molecular formula is C31H33N5O5S. The van der Waals surface area contributed by atoms with Gasteiger partial charge in [0, 0.05) is 55.8 Å². The van der Waals surface area contributed by atoms with Gasteiger partial charge in [0.1, 0.15) is 10.6 Å². The van der Waals surface area contributed by atoms with E-state index in [2.05, 4.69) is 20.3 Å². The van der Waals surface area contributed by atoms with E-state index >= 15 is 0 Å². The van der Waals surface area contributed by atoms with Crippen LogP contribution in [0, 0.1) is 6.92 Å². The maximum absolute atomic E-state index is 13.5. The van der Waals surface area contributed by atoms with Crippen molar-refractivity contribution in [3.8, 4) is 17.0 Å². The molecule has 0 aliphatic heterocycles. The van der Waals surface area contributed by atoms with Crippen LogP contribution < -0.4 is 20.1 Å². The molecule has 1 aromatic heterocycles. The van der Waals surface area contributed by atoms with Crippen LogP contribution in [-0.2, 0) is 10.0 Å². The summed E-state index contributed by atoms with van der Waals surface area (Å²) in [7, 11) is 0.625. The Morgan fingerprint density at radius 2 is 1.64 bits per heavy atom. The fourth-order valence-corrected chi connectivity index (χ4v) is 5.45. The number of benzene rings is 3. The summed E-state index contributed by atoms with van der Waals surface area (Å²) in [6.07, 6.45) is 1.51. The van der Waals surface area contributed by atoms with Crippen molar-refractivity contribution in [2.45, 2.75) is 11.8 Å². The first-order valence-corrected chi connectivity index (χ1v) is 14.6. The molecule has 0 unspecified atom stereocenters. The molecule has 3 N–H and O–H groups in total. The molecule has 0 bridgehead atoms. The normalized spacial score (nSPS) is 11.0. The van der Waals surface area contributed by atoms with E-state index in [4.69, 9.17) is 4.74 Å². The standard InChI is InChI=1S/C31H33N5O5S/c1-21-7-5-8-23(17-21)30(37)34-16-15-32-25-9-6-10-26(20-25)35-42(39,40)29-19-22(11-12-28(29)41-4)27-18-24(13-14-33-27)31(38)36(2)3/h5-14,17-20,32,35H,15-16H2,1-4H3,(H,34,37). The van der Waals surface area contributed by atoms with Crippen LogP contribution in [0.4, 0.5) is 11.4 Å². The third kappa shape index (κ3) is 7.43. The van der Waals surface area contributed by atoms with Gasteiger partial charge in [-0.25, -0.2) is 8.42 Å². The number of ether oxygens (including phenoxy) is 1. The van der Waals surface area contributed by atoms with Crippen molar-refractivity contribution in [3.05, 3.63) is 102 Å². The predicted molar refractivity (Wildman–Crippen MR) is 163 cm³/mol. The Morgan fingerprint density at radius 1 is 0.881 bits per heavy atom. The molecule has 11 heteroatoms. The van der Waals surface area contributed by atoms with E-state index in [0.717, 1.165) is 5.56 Å². The highest BCUT2D eigenvalue weighted by Gasteiger charge is 2.22. The number of anilines is 2. The second-order valence-corrected chi connectivity index (χ2v) is 11.4. The smallest absolute Gasteiger partial charge is 0.265 e. The summed E-state index contributed by atoms with van der Waals surface area (Å²) in [5.41, 5.74) is 4.00. The molecule has 42 heavy (non-hydrogen) atoms. The zero-order chi connectivity index (χ0) is 30.3. The molecule has 3 aromatic carbocycles. The highest BCUT2D eigenvalue weighted by atomic mass is 32.2. The van der Waals surface area contributed by atoms with Crippen molar-refractivity contribution in [1.82, 2.24) is 15.2 Å². The highest BCUT2D eigenvalue weighted by molar-refractivity contribution is 7.92. The lowest BCUT2D eigenvalue weighted by molar-refractivity contribution is 0.0827. The number of rotatable bonds is 11. The molecule has 218 valence electrons. The largest absolute Gasteiger partial charge is 0.495 e. The fraction of sp³-hybridized carbons (Fsp3) is 0.194. The van der Waals surface area contributed by atoms with Gasteiger partial charge in [-0.2, -0.15) is 0 Å². The van der Waals surface area contributed by atoms with Crippen LogP contribution >= 0.6 is 0 Å². The van der Waals surface area contributed by atoms with Gasteiger partial charge in [-0.3, -0.25) is 19.3 Å². The summed E-state index contributed by atoms with van der Waals surface area (Å²) in [5, 5.41) is 6.05. The molecule has 1 heterocycles. The molecule has 0 fully saturated rings. The Balaban J connectivity index is 1.46. The number of hydrogen-bond donors (Lipinski definition) is 3. The maximum Gasteiger partial charge on any atom is 0.265 e. The summed E-state index contributed by atoms with van der Waals surface area (Å²) < 4.78 is 35.0. The van der Waals surface area contributed by atoms with E-state index in [0.29, 0.717) is 46.8 Å². The van der Waals surface area contributed by atoms with E-state index in [1.807, 2.05) is 25.1 Å².